The van der Waals surface area contributed by atoms with E-state index in [4.69, 9.17) is 14.2 Å². The smallest absolute Gasteiger partial charge is 0.327 e. The number of hydrogen-bond donors (Lipinski definition) is 1. The van der Waals surface area contributed by atoms with Gasteiger partial charge in [0, 0.05) is 11.8 Å². The Balaban J connectivity index is 1.74. The number of nitrogens with zero attached hydrogens (tertiary/aromatic N) is 1. The maximum absolute atomic E-state index is 13.1. The molecule has 1 amide bonds. The minimum absolute atomic E-state index is 0.0439. The van der Waals surface area contributed by atoms with E-state index in [0.717, 1.165) is 23.1 Å². The summed E-state index contributed by atoms with van der Waals surface area (Å²) in [7, 11) is 3.99. The first kappa shape index (κ1) is 20.2. The van der Waals surface area contributed by atoms with E-state index < -0.39 is 16.5 Å². The predicted molar refractivity (Wildman–Crippen MR) is 115 cm³/mol. The summed E-state index contributed by atoms with van der Waals surface area (Å²) in [6.07, 6.45) is 0.831. The van der Waals surface area contributed by atoms with Crippen LogP contribution in [-0.4, -0.2) is 32.2 Å². The third kappa shape index (κ3) is 3.42. The van der Waals surface area contributed by atoms with Crippen molar-refractivity contribution < 1.29 is 23.9 Å². The van der Waals surface area contributed by atoms with Crippen molar-refractivity contribution in [2.24, 2.45) is 0 Å². The SMILES string of the molecule is COc1cc(C(=O)Nc2ccc3c(c2)-c2ccccc2C3)c([N+](=O)[O-])c(OC)c1OC. The van der Waals surface area contributed by atoms with Gasteiger partial charge < -0.3 is 19.5 Å². The first-order valence-electron chi connectivity index (χ1n) is 9.48. The zero-order valence-corrected chi connectivity index (χ0v) is 17.2. The van der Waals surface area contributed by atoms with Gasteiger partial charge in [-0.25, -0.2) is 0 Å². The molecule has 0 atom stereocenters. The second-order valence-corrected chi connectivity index (χ2v) is 6.96. The van der Waals surface area contributed by atoms with Crippen LogP contribution in [0.5, 0.6) is 17.2 Å². The van der Waals surface area contributed by atoms with Crippen LogP contribution in [0, 0.1) is 10.1 Å². The number of anilines is 1. The minimum Gasteiger partial charge on any atom is -0.493 e. The van der Waals surface area contributed by atoms with Crippen LogP contribution in [0.3, 0.4) is 0 Å². The Labute approximate surface area is 178 Å². The molecule has 0 heterocycles. The Hall–Kier alpha value is -4.07. The lowest BCUT2D eigenvalue weighted by Gasteiger charge is -2.15. The molecule has 0 saturated heterocycles. The fourth-order valence-corrected chi connectivity index (χ4v) is 3.90. The number of rotatable bonds is 6. The molecule has 0 radical (unpaired) electrons. The van der Waals surface area contributed by atoms with Crippen molar-refractivity contribution in [2.45, 2.75) is 6.42 Å². The molecule has 0 fully saturated rings. The van der Waals surface area contributed by atoms with Crippen LogP contribution >= 0.6 is 0 Å². The van der Waals surface area contributed by atoms with E-state index >= 15 is 0 Å². The van der Waals surface area contributed by atoms with Gasteiger partial charge in [-0.1, -0.05) is 30.3 Å². The largest absolute Gasteiger partial charge is 0.493 e. The number of nitrogens with one attached hydrogen (secondary N) is 1. The highest BCUT2D eigenvalue weighted by Gasteiger charge is 2.32. The van der Waals surface area contributed by atoms with Crippen molar-refractivity contribution >= 4 is 17.3 Å². The van der Waals surface area contributed by atoms with Crippen molar-refractivity contribution in [3.63, 3.8) is 0 Å². The number of nitro groups is 1. The summed E-state index contributed by atoms with van der Waals surface area (Å²) < 4.78 is 15.6. The zero-order chi connectivity index (χ0) is 22.1. The van der Waals surface area contributed by atoms with Gasteiger partial charge in [-0.3, -0.25) is 14.9 Å². The number of benzene rings is 3. The van der Waals surface area contributed by atoms with Gasteiger partial charge in [-0.15, -0.1) is 0 Å². The monoisotopic (exact) mass is 420 g/mol. The minimum atomic E-state index is -0.672. The molecule has 0 spiro atoms. The standard InChI is InChI=1S/C23H20N2O6/c1-29-19-12-18(20(25(27)28)22(31-3)21(19)30-2)23(26)24-15-9-8-14-10-13-6-4-5-7-16(13)17(14)11-15/h4-9,11-12H,10H2,1-3H3,(H,24,26). The molecule has 0 aromatic heterocycles. The topological polar surface area (TPSA) is 99.9 Å². The van der Waals surface area contributed by atoms with Gasteiger partial charge in [0.2, 0.25) is 11.5 Å². The van der Waals surface area contributed by atoms with E-state index in [1.54, 1.807) is 6.07 Å². The third-order valence-corrected chi connectivity index (χ3v) is 5.29. The van der Waals surface area contributed by atoms with Gasteiger partial charge in [0.1, 0.15) is 5.56 Å². The lowest BCUT2D eigenvalue weighted by Crippen LogP contribution is -2.15. The summed E-state index contributed by atoms with van der Waals surface area (Å²) in [5.74, 6) is -0.641. The fourth-order valence-electron chi connectivity index (χ4n) is 3.90. The third-order valence-electron chi connectivity index (χ3n) is 5.29. The van der Waals surface area contributed by atoms with E-state index in [9.17, 15) is 14.9 Å². The number of ether oxygens (including phenoxy) is 3. The van der Waals surface area contributed by atoms with Gasteiger partial charge in [-0.05, 0) is 40.8 Å². The molecular weight excluding hydrogens is 400 g/mol. The molecule has 1 aliphatic carbocycles. The molecule has 0 aliphatic heterocycles. The van der Waals surface area contributed by atoms with Crippen LogP contribution in [0.1, 0.15) is 21.5 Å². The Bertz CT molecular complexity index is 1200. The zero-order valence-electron chi connectivity index (χ0n) is 17.2. The fraction of sp³-hybridized carbons (Fsp3) is 0.174. The Morgan fingerprint density at radius 1 is 0.935 bits per heavy atom. The summed E-state index contributed by atoms with van der Waals surface area (Å²) in [6, 6.07) is 15.0. The van der Waals surface area contributed by atoms with Crippen LogP contribution in [0.4, 0.5) is 11.4 Å². The summed E-state index contributed by atoms with van der Waals surface area (Å²) in [4.78, 5) is 24.1. The Kier molecular flexibility index (Phi) is 5.21. The molecule has 3 aromatic rings. The number of fused-ring (bicyclic) bond motifs is 3. The van der Waals surface area contributed by atoms with E-state index in [1.165, 1.54) is 33.0 Å². The van der Waals surface area contributed by atoms with Crippen LogP contribution in [0.25, 0.3) is 11.1 Å². The molecular formula is C23H20N2O6. The predicted octanol–water partition coefficient (Wildman–Crippen LogP) is 4.44. The maximum atomic E-state index is 13.1. The Morgan fingerprint density at radius 3 is 2.32 bits per heavy atom. The number of amides is 1. The first-order chi connectivity index (χ1) is 15.0. The second-order valence-electron chi connectivity index (χ2n) is 6.96. The van der Waals surface area contributed by atoms with Crippen LogP contribution in [0.2, 0.25) is 0 Å². The molecule has 8 nitrogen and oxygen atoms in total. The number of hydrogen-bond acceptors (Lipinski definition) is 6. The number of nitro benzene ring substituents is 1. The number of carbonyl (C=O) groups excluding carboxylic acids is 1. The molecule has 0 bridgehead atoms. The summed E-state index contributed by atoms with van der Waals surface area (Å²) in [5, 5.41) is 14.5. The van der Waals surface area contributed by atoms with Crippen LogP contribution in [0.15, 0.2) is 48.5 Å². The normalized spacial score (nSPS) is 11.3. The van der Waals surface area contributed by atoms with E-state index in [2.05, 4.69) is 11.4 Å². The summed E-state index contributed by atoms with van der Waals surface area (Å²) in [5.41, 5.74) is 4.38. The van der Waals surface area contributed by atoms with E-state index in [1.807, 2.05) is 30.3 Å². The molecule has 158 valence electrons. The molecule has 31 heavy (non-hydrogen) atoms. The molecule has 1 N–H and O–H groups in total. The molecule has 8 heteroatoms. The average molecular weight is 420 g/mol. The molecule has 3 aromatic carbocycles. The van der Waals surface area contributed by atoms with E-state index in [-0.39, 0.29) is 22.8 Å². The van der Waals surface area contributed by atoms with Crippen LogP contribution in [-0.2, 0) is 6.42 Å². The van der Waals surface area contributed by atoms with Gasteiger partial charge in [0.25, 0.3) is 5.91 Å². The molecule has 1 aliphatic rings. The van der Waals surface area contributed by atoms with Crippen molar-refractivity contribution in [1.82, 2.24) is 0 Å². The highest BCUT2D eigenvalue weighted by Crippen LogP contribution is 2.46. The van der Waals surface area contributed by atoms with Crippen molar-refractivity contribution in [3.8, 4) is 28.4 Å². The lowest BCUT2D eigenvalue weighted by molar-refractivity contribution is -0.386. The number of methoxy groups -OCH3 is 3. The molecule has 4 rings (SSSR count). The second kappa shape index (κ2) is 7.98. The van der Waals surface area contributed by atoms with Crippen LogP contribution < -0.4 is 19.5 Å². The highest BCUT2D eigenvalue weighted by molar-refractivity contribution is 6.09. The quantitative estimate of drug-likeness (QED) is 0.366. The van der Waals surface area contributed by atoms with Gasteiger partial charge in [-0.2, -0.15) is 0 Å². The molecule has 0 unspecified atom stereocenters. The number of carbonyl (C=O) groups is 1. The summed E-state index contributed by atoms with van der Waals surface area (Å²) in [6.45, 7) is 0. The lowest BCUT2D eigenvalue weighted by atomic mass is 10.0. The maximum Gasteiger partial charge on any atom is 0.327 e. The highest BCUT2D eigenvalue weighted by atomic mass is 16.6. The van der Waals surface area contributed by atoms with E-state index in [0.29, 0.717) is 5.69 Å². The Morgan fingerprint density at radius 2 is 1.65 bits per heavy atom. The average Bonchev–Trinajstić information content (AvgIpc) is 3.15. The van der Waals surface area contributed by atoms with Gasteiger partial charge in [0.15, 0.2) is 5.75 Å². The van der Waals surface area contributed by atoms with Gasteiger partial charge in [0.05, 0.1) is 26.3 Å². The molecule has 0 saturated carbocycles. The summed E-state index contributed by atoms with van der Waals surface area (Å²) >= 11 is 0. The van der Waals surface area contributed by atoms with Crippen molar-refractivity contribution in [2.75, 3.05) is 26.6 Å². The van der Waals surface area contributed by atoms with Crippen molar-refractivity contribution in [3.05, 3.63) is 75.3 Å². The van der Waals surface area contributed by atoms with Gasteiger partial charge >= 0.3 is 5.69 Å². The van der Waals surface area contributed by atoms with Crippen molar-refractivity contribution in [1.29, 1.82) is 0 Å². The first-order valence-corrected chi connectivity index (χ1v) is 9.48.